The third-order valence-electron chi connectivity index (χ3n) is 7.69. The van der Waals surface area contributed by atoms with Crippen molar-refractivity contribution in [3.63, 3.8) is 0 Å². The molecule has 0 spiro atoms. The van der Waals surface area contributed by atoms with E-state index >= 15 is 0 Å². The van der Waals surface area contributed by atoms with Gasteiger partial charge in [0.15, 0.2) is 35.4 Å². The summed E-state index contributed by atoms with van der Waals surface area (Å²) in [7, 11) is 2.61. The molecule has 3 heterocycles. The molecule has 8 N–H and O–H groups in total. The fourth-order valence-corrected chi connectivity index (χ4v) is 5.18. The Hall–Kier alpha value is -4.20. The van der Waals surface area contributed by atoms with Crippen LogP contribution in [0.3, 0.4) is 0 Å². The van der Waals surface area contributed by atoms with Crippen LogP contribution in [0.4, 0.5) is 0 Å². The second-order valence-corrected chi connectivity index (χ2v) is 10.7. The first-order chi connectivity index (χ1) is 21.7. The molecular weight excluding hydrogens is 620 g/mol. The number of aliphatic hydroxyl groups is 5. The van der Waals surface area contributed by atoms with Crippen molar-refractivity contribution in [2.45, 2.75) is 68.3 Å². The third-order valence-corrected chi connectivity index (χ3v) is 7.69. The number of hydrogen-bond acceptors (Lipinski definition) is 16. The number of methoxy groups -OCH3 is 2. The van der Waals surface area contributed by atoms with Crippen LogP contribution in [0.15, 0.2) is 39.5 Å². The minimum atomic E-state index is -2.05. The summed E-state index contributed by atoms with van der Waals surface area (Å²) in [5.74, 6) is -2.89. The van der Waals surface area contributed by atoms with Crippen LogP contribution in [0.2, 0.25) is 0 Å². The molecule has 46 heavy (non-hydrogen) atoms. The summed E-state index contributed by atoms with van der Waals surface area (Å²) in [6.45, 7) is 1.37. The Labute approximate surface area is 258 Å². The topological polar surface area (TPSA) is 264 Å². The van der Waals surface area contributed by atoms with Gasteiger partial charge in [0.25, 0.3) is 0 Å². The first-order valence-corrected chi connectivity index (χ1v) is 13.8. The highest BCUT2D eigenvalue weighted by Gasteiger charge is 2.52. The minimum Gasteiger partial charge on any atom is -0.507 e. The number of rotatable bonds is 8. The Morgan fingerprint density at radius 3 is 2.07 bits per heavy atom. The molecule has 2 aliphatic heterocycles. The van der Waals surface area contributed by atoms with Gasteiger partial charge in [0.1, 0.15) is 58.7 Å². The summed E-state index contributed by atoms with van der Waals surface area (Å²) in [5.41, 5.74) is -0.650. The van der Waals surface area contributed by atoms with E-state index in [1.807, 2.05) is 0 Å². The van der Waals surface area contributed by atoms with E-state index in [4.69, 9.17) is 32.8 Å². The maximum absolute atomic E-state index is 13.0. The van der Waals surface area contributed by atoms with Crippen LogP contribution in [-0.4, -0.2) is 122 Å². The van der Waals surface area contributed by atoms with Gasteiger partial charge in [0, 0.05) is 23.8 Å². The van der Waals surface area contributed by atoms with Crippen molar-refractivity contribution in [2.24, 2.45) is 0 Å². The van der Waals surface area contributed by atoms with Crippen molar-refractivity contribution >= 4 is 16.9 Å². The van der Waals surface area contributed by atoms with Gasteiger partial charge in [0.05, 0.1) is 20.3 Å². The number of fused-ring (bicyclic) bond motifs is 1. The number of carbonyl (C=O) groups is 1. The smallest absolute Gasteiger partial charge is 0.335 e. The second kappa shape index (κ2) is 12.9. The number of carboxylic acids is 1. The molecule has 1 aromatic heterocycles. The molecule has 250 valence electrons. The van der Waals surface area contributed by atoms with Crippen LogP contribution in [0, 0.1) is 0 Å². The highest BCUT2D eigenvalue weighted by atomic mass is 16.8. The second-order valence-electron chi connectivity index (χ2n) is 10.7. The lowest BCUT2D eigenvalue weighted by Crippen LogP contribution is -2.65. The summed E-state index contributed by atoms with van der Waals surface area (Å²) in [6, 6.07) is 5.96. The summed E-state index contributed by atoms with van der Waals surface area (Å²) >= 11 is 0. The van der Waals surface area contributed by atoms with E-state index in [1.54, 1.807) is 0 Å². The average molecular weight is 653 g/mol. The molecule has 0 amide bonds. The number of carboxylic acid groups (broad SMARTS) is 1. The molecule has 5 rings (SSSR count). The zero-order valence-electron chi connectivity index (χ0n) is 24.4. The maximum atomic E-state index is 13.0. The molecule has 2 saturated heterocycles. The van der Waals surface area contributed by atoms with E-state index in [0.29, 0.717) is 0 Å². The van der Waals surface area contributed by atoms with Crippen molar-refractivity contribution < 1.29 is 78.5 Å². The number of aromatic hydroxyl groups is 2. The van der Waals surface area contributed by atoms with E-state index in [9.17, 15) is 50.4 Å². The zero-order chi connectivity index (χ0) is 33.6. The molecule has 2 fully saturated rings. The summed E-state index contributed by atoms with van der Waals surface area (Å²) in [6.07, 6.45) is -17.6. The zero-order valence-corrected chi connectivity index (χ0v) is 24.4. The Kier molecular flexibility index (Phi) is 9.30. The van der Waals surface area contributed by atoms with Gasteiger partial charge < -0.3 is 73.7 Å². The number of hydrogen-bond donors (Lipinski definition) is 8. The Bertz CT molecular complexity index is 1630. The Balaban J connectivity index is 1.52. The highest BCUT2D eigenvalue weighted by Crippen LogP contribution is 2.41. The van der Waals surface area contributed by atoms with Gasteiger partial charge >= 0.3 is 5.97 Å². The SMILES string of the molecule is COc1cc(-c2cc(=O)c3c(O)cc(OC4OC(C(=O)O)C(O)C(O)C4OC4OC(C)C(O)C(O)C4O)cc3o2)cc(OC)c1O. The lowest BCUT2D eigenvalue weighted by atomic mass is 9.97. The number of phenolic OH excluding ortho intramolecular Hbond substituents is 2. The normalized spacial score (nSPS) is 31.4. The lowest BCUT2D eigenvalue weighted by molar-refractivity contribution is -0.351. The fourth-order valence-electron chi connectivity index (χ4n) is 5.18. The highest BCUT2D eigenvalue weighted by molar-refractivity contribution is 5.86. The summed E-state index contributed by atoms with van der Waals surface area (Å²) in [4.78, 5) is 24.8. The standard InChI is InChI=1S/C29H32O17/c1-9-19(32)21(34)24(37)28(42-9)46-26-23(36)22(35)25(27(38)39)45-29(26)43-11-6-12(30)18-13(31)8-14(44-15(18)7-11)10-4-16(40-2)20(33)17(5-10)41-3/h4-9,19,21-26,28-30,32-37H,1-3H3,(H,38,39). The molecule has 3 aromatic rings. The average Bonchev–Trinajstić information content (AvgIpc) is 3.01. The van der Waals surface area contributed by atoms with Crippen molar-refractivity contribution in [3.05, 3.63) is 40.6 Å². The van der Waals surface area contributed by atoms with Gasteiger partial charge in [-0.25, -0.2) is 4.79 Å². The number of aliphatic carboxylic acids is 1. The van der Waals surface area contributed by atoms with Crippen LogP contribution in [0.5, 0.6) is 28.7 Å². The molecule has 0 bridgehead atoms. The van der Waals surface area contributed by atoms with Crippen molar-refractivity contribution in [1.82, 2.24) is 0 Å². The minimum absolute atomic E-state index is 0.00901. The molecule has 17 nitrogen and oxygen atoms in total. The van der Waals surface area contributed by atoms with Gasteiger partial charge in [-0.3, -0.25) is 4.79 Å². The number of benzene rings is 2. The monoisotopic (exact) mass is 652 g/mol. The Morgan fingerprint density at radius 2 is 1.46 bits per heavy atom. The molecule has 10 unspecified atom stereocenters. The molecule has 10 atom stereocenters. The first-order valence-electron chi connectivity index (χ1n) is 13.8. The van der Waals surface area contributed by atoms with Gasteiger partial charge in [-0.05, 0) is 19.1 Å². The van der Waals surface area contributed by atoms with Crippen molar-refractivity contribution in [2.75, 3.05) is 14.2 Å². The van der Waals surface area contributed by atoms with Gasteiger partial charge in [0.2, 0.25) is 12.0 Å². The summed E-state index contributed by atoms with van der Waals surface area (Å²) in [5, 5.41) is 82.2. The van der Waals surface area contributed by atoms with E-state index in [-0.39, 0.29) is 45.3 Å². The van der Waals surface area contributed by atoms with Crippen LogP contribution in [-0.2, 0) is 19.0 Å². The molecule has 0 saturated carbocycles. The predicted molar refractivity (Wildman–Crippen MR) is 151 cm³/mol. The Morgan fingerprint density at radius 1 is 0.804 bits per heavy atom. The first kappa shape index (κ1) is 33.2. The largest absolute Gasteiger partial charge is 0.507 e. The van der Waals surface area contributed by atoms with E-state index in [1.165, 1.54) is 33.3 Å². The molecule has 2 aliphatic rings. The van der Waals surface area contributed by atoms with Gasteiger partial charge in [-0.2, -0.15) is 0 Å². The lowest BCUT2D eigenvalue weighted by Gasteiger charge is -2.45. The van der Waals surface area contributed by atoms with Gasteiger partial charge in [-0.1, -0.05) is 0 Å². The molecule has 0 radical (unpaired) electrons. The van der Waals surface area contributed by atoms with Crippen molar-refractivity contribution in [3.8, 4) is 40.1 Å². The van der Waals surface area contributed by atoms with Crippen molar-refractivity contribution in [1.29, 1.82) is 0 Å². The van der Waals surface area contributed by atoms with E-state index in [0.717, 1.165) is 18.2 Å². The van der Waals surface area contributed by atoms with Gasteiger partial charge in [-0.15, -0.1) is 0 Å². The van der Waals surface area contributed by atoms with Crippen LogP contribution >= 0.6 is 0 Å². The number of aliphatic hydroxyl groups excluding tert-OH is 5. The third kappa shape index (κ3) is 6.02. The molecular formula is C29H32O17. The van der Waals surface area contributed by atoms with E-state index in [2.05, 4.69) is 0 Å². The molecule has 2 aromatic carbocycles. The van der Waals surface area contributed by atoms with E-state index < -0.39 is 78.6 Å². The number of phenols is 2. The molecule has 17 heteroatoms. The fraction of sp³-hybridized carbons (Fsp3) is 0.448. The summed E-state index contributed by atoms with van der Waals surface area (Å²) < 4.78 is 38.4. The van der Waals surface area contributed by atoms with Crippen LogP contribution in [0.25, 0.3) is 22.3 Å². The predicted octanol–water partition coefficient (Wildman–Crippen LogP) is -0.989. The maximum Gasteiger partial charge on any atom is 0.335 e. The quantitative estimate of drug-likeness (QED) is 0.145. The van der Waals surface area contributed by atoms with Crippen LogP contribution < -0.4 is 19.6 Å². The van der Waals surface area contributed by atoms with Crippen LogP contribution in [0.1, 0.15) is 6.92 Å². The molecule has 0 aliphatic carbocycles. The number of ether oxygens (including phenoxy) is 6.